The number of fused-ring (bicyclic) bond motifs is 2. The molecule has 6 aromatic rings. The van der Waals surface area contributed by atoms with Crippen LogP contribution in [0.15, 0.2) is 76.4 Å². The molecular formula is C31H25BrF6N6S2. The number of thiophene rings is 2. The van der Waals surface area contributed by atoms with E-state index in [1.54, 1.807) is 26.0 Å². The Labute approximate surface area is 276 Å². The van der Waals surface area contributed by atoms with Gasteiger partial charge in [-0.25, -0.2) is 19.9 Å². The lowest BCUT2D eigenvalue weighted by Crippen LogP contribution is -2.15. The SMILES string of the molecule is CC(Nc1ncnc2c(Br)csc12)c1ccccc1C(F)(F)F.Cc1csc2c(NC(C)c3ccccc3C(F)(F)F)ncnc12. The number of hydrogen-bond donors (Lipinski definition) is 2. The van der Waals surface area contributed by atoms with E-state index in [1.807, 2.05) is 17.7 Å². The van der Waals surface area contributed by atoms with E-state index in [0.717, 1.165) is 42.6 Å². The highest BCUT2D eigenvalue weighted by atomic mass is 79.9. The van der Waals surface area contributed by atoms with Crippen molar-refractivity contribution in [2.75, 3.05) is 10.6 Å². The van der Waals surface area contributed by atoms with Crippen molar-refractivity contribution < 1.29 is 26.3 Å². The van der Waals surface area contributed by atoms with E-state index < -0.39 is 35.6 Å². The molecule has 6 nitrogen and oxygen atoms in total. The number of nitrogens with one attached hydrogen (secondary N) is 2. The molecule has 2 unspecified atom stereocenters. The highest BCUT2D eigenvalue weighted by molar-refractivity contribution is 9.10. The predicted octanol–water partition coefficient (Wildman–Crippen LogP) is 10.8. The second kappa shape index (κ2) is 13.5. The first-order valence-electron chi connectivity index (χ1n) is 13.7. The molecule has 0 fully saturated rings. The van der Waals surface area contributed by atoms with Gasteiger partial charge in [-0.3, -0.25) is 0 Å². The number of nitrogens with zero attached hydrogens (tertiary/aromatic N) is 4. The average Bonchev–Trinajstić information content (AvgIpc) is 3.60. The molecule has 0 spiro atoms. The summed E-state index contributed by atoms with van der Waals surface area (Å²) in [6.45, 7) is 5.32. The number of benzene rings is 2. The monoisotopic (exact) mass is 738 g/mol. The van der Waals surface area contributed by atoms with Crippen LogP contribution in [0, 0.1) is 6.92 Å². The Morgan fingerprint density at radius 2 is 1.09 bits per heavy atom. The quantitative estimate of drug-likeness (QED) is 0.166. The maximum Gasteiger partial charge on any atom is 0.416 e. The predicted molar refractivity (Wildman–Crippen MR) is 174 cm³/mol. The Balaban J connectivity index is 0.000000181. The summed E-state index contributed by atoms with van der Waals surface area (Å²) in [4.78, 5) is 16.7. The average molecular weight is 740 g/mol. The molecule has 0 aliphatic heterocycles. The molecule has 46 heavy (non-hydrogen) atoms. The summed E-state index contributed by atoms with van der Waals surface area (Å²) in [5.41, 5.74) is 1.69. The Bertz CT molecular complexity index is 1830. The van der Waals surface area contributed by atoms with Gasteiger partial charge in [-0.15, -0.1) is 22.7 Å². The van der Waals surface area contributed by atoms with Crippen LogP contribution < -0.4 is 10.6 Å². The van der Waals surface area contributed by atoms with Crippen molar-refractivity contribution in [2.24, 2.45) is 0 Å². The summed E-state index contributed by atoms with van der Waals surface area (Å²) >= 11 is 6.30. The van der Waals surface area contributed by atoms with Crippen molar-refractivity contribution in [1.82, 2.24) is 19.9 Å². The van der Waals surface area contributed by atoms with Crippen LogP contribution in [-0.4, -0.2) is 19.9 Å². The molecule has 0 aliphatic rings. The molecule has 0 saturated carbocycles. The fourth-order valence-electron chi connectivity index (χ4n) is 4.83. The number of aryl methyl sites for hydroxylation is 1. The molecule has 0 saturated heterocycles. The number of halogens is 7. The molecule has 2 aromatic carbocycles. The fraction of sp³-hybridized carbons (Fsp3) is 0.226. The van der Waals surface area contributed by atoms with Crippen LogP contribution in [-0.2, 0) is 12.4 Å². The van der Waals surface area contributed by atoms with Gasteiger partial charge in [-0.1, -0.05) is 36.4 Å². The molecule has 0 aliphatic carbocycles. The van der Waals surface area contributed by atoms with Gasteiger partial charge in [-0.05, 0) is 70.9 Å². The van der Waals surface area contributed by atoms with Gasteiger partial charge >= 0.3 is 12.4 Å². The van der Waals surface area contributed by atoms with Gasteiger partial charge in [0.1, 0.15) is 29.8 Å². The first-order valence-corrected chi connectivity index (χ1v) is 16.2. The van der Waals surface area contributed by atoms with Gasteiger partial charge in [0.25, 0.3) is 0 Å². The summed E-state index contributed by atoms with van der Waals surface area (Å²) in [6.07, 6.45) is -5.95. The first kappa shape index (κ1) is 33.5. The summed E-state index contributed by atoms with van der Waals surface area (Å²) in [6, 6.07) is 10.0. The second-order valence-electron chi connectivity index (χ2n) is 10.2. The van der Waals surface area contributed by atoms with E-state index in [9.17, 15) is 26.3 Å². The van der Waals surface area contributed by atoms with E-state index in [-0.39, 0.29) is 11.1 Å². The van der Waals surface area contributed by atoms with Crippen LogP contribution in [0.1, 0.15) is 53.7 Å². The number of aromatic nitrogens is 4. The number of anilines is 2. The van der Waals surface area contributed by atoms with Gasteiger partial charge in [0.15, 0.2) is 0 Å². The zero-order valence-electron chi connectivity index (χ0n) is 24.3. The van der Waals surface area contributed by atoms with Gasteiger partial charge in [0.05, 0.1) is 42.6 Å². The lowest BCUT2D eigenvalue weighted by Gasteiger charge is -2.20. The third kappa shape index (κ3) is 7.26. The summed E-state index contributed by atoms with van der Waals surface area (Å²) < 4.78 is 81.4. The first-order chi connectivity index (χ1) is 21.8. The van der Waals surface area contributed by atoms with Gasteiger partial charge < -0.3 is 10.6 Å². The van der Waals surface area contributed by atoms with Crippen molar-refractivity contribution in [1.29, 1.82) is 0 Å². The molecule has 15 heteroatoms. The molecule has 0 radical (unpaired) electrons. The number of rotatable bonds is 6. The van der Waals surface area contributed by atoms with Gasteiger partial charge in [-0.2, -0.15) is 26.3 Å². The highest BCUT2D eigenvalue weighted by Crippen LogP contribution is 2.39. The zero-order chi connectivity index (χ0) is 33.2. The van der Waals surface area contributed by atoms with Crippen molar-refractivity contribution in [3.05, 3.63) is 104 Å². The summed E-state index contributed by atoms with van der Waals surface area (Å²) in [5, 5.41) is 9.98. The molecule has 4 heterocycles. The Hall–Kier alpha value is -3.82. The fourth-order valence-corrected chi connectivity index (χ4v) is 7.33. The molecule has 2 atom stereocenters. The van der Waals surface area contributed by atoms with E-state index in [4.69, 9.17) is 0 Å². The molecule has 0 bridgehead atoms. The standard InChI is InChI=1S/C16H14F3N3S.C15H11BrF3N3S/c1-9-7-23-14-13(9)20-8-21-15(14)22-10(2)11-5-3-4-6-12(11)16(17,18)19;1-8(9-4-2-3-5-10(9)15(17,18)19)22-14-13-12(20-7-21-14)11(16)6-23-13/h3-8,10H,1-2H3,(H,20,21,22);2-8H,1H3,(H,20,21,22). The van der Waals surface area contributed by atoms with Crippen molar-refractivity contribution in [2.45, 2.75) is 45.2 Å². The Kier molecular flexibility index (Phi) is 9.84. The Morgan fingerprint density at radius 3 is 1.59 bits per heavy atom. The maximum atomic E-state index is 13.2. The van der Waals surface area contributed by atoms with E-state index >= 15 is 0 Å². The number of hydrogen-bond acceptors (Lipinski definition) is 8. The van der Waals surface area contributed by atoms with E-state index in [0.29, 0.717) is 11.6 Å². The van der Waals surface area contributed by atoms with Crippen molar-refractivity contribution >= 4 is 70.7 Å². The van der Waals surface area contributed by atoms with Crippen LogP contribution in [0.5, 0.6) is 0 Å². The lowest BCUT2D eigenvalue weighted by atomic mass is 10.0. The molecule has 4 aromatic heterocycles. The minimum Gasteiger partial charge on any atom is -0.362 e. The number of alkyl halides is 6. The zero-order valence-corrected chi connectivity index (χ0v) is 27.6. The normalized spacial score (nSPS) is 13.3. The lowest BCUT2D eigenvalue weighted by molar-refractivity contribution is -0.139. The molecule has 2 N–H and O–H groups in total. The van der Waals surface area contributed by atoms with Crippen LogP contribution in [0.4, 0.5) is 38.0 Å². The highest BCUT2D eigenvalue weighted by Gasteiger charge is 2.35. The van der Waals surface area contributed by atoms with Crippen molar-refractivity contribution in [3.63, 3.8) is 0 Å². The second-order valence-corrected chi connectivity index (χ2v) is 12.8. The van der Waals surface area contributed by atoms with Crippen LogP contribution in [0.3, 0.4) is 0 Å². The Morgan fingerprint density at radius 1 is 0.652 bits per heavy atom. The van der Waals surface area contributed by atoms with Crippen LogP contribution in [0.2, 0.25) is 0 Å². The van der Waals surface area contributed by atoms with Crippen LogP contribution >= 0.6 is 38.6 Å². The molecule has 0 amide bonds. The third-order valence-electron chi connectivity index (χ3n) is 7.01. The maximum absolute atomic E-state index is 13.2. The smallest absolute Gasteiger partial charge is 0.362 e. The van der Waals surface area contributed by atoms with Gasteiger partial charge in [0, 0.05) is 5.38 Å². The summed E-state index contributed by atoms with van der Waals surface area (Å²) in [7, 11) is 0. The summed E-state index contributed by atoms with van der Waals surface area (Å²) in [5.74, 6) is 1.08. The molecule has 6 rings (SSSR count). The largest absolute Gasteiger partial charge is 0.416 e. The van der Waals surface area contributed by atoms with E-state index in [2.05, 4.69) is 46.5 Å². The molecule has 240 valence electrons. The topological polar surface area (TPSA) is 75.6 Å². The van der Waals surface area contributed by atoms with Crippen LogP contribution in [0.25, 0.3) is 20.4 Å². The van der Waals surface area contributed by atoms with Crippen molar-refractivity contribution in [3.8, 4) is 0 Å². The third-order valence-corrected chi connectivity index (χ3v) is 9.99. The van der Waals surface area contributed by atoms with E-state index in [1.165, 1.54) is 59.6 Å². The minimum atomic E-state index is -4.39. The molecular weight excluding hydrogens is 714 g/mol. The minimum absolute atomic E-state index is 0.183. The van der Waals surface area contributed by atoms with Gasteiger partial charge in [0.2, 0.25) is 0 Å².